The molecule has 3 heteroatoms. The van der Waals surface area contributed by atoms with E-state index < -0.39 is 0 Å². The normalized spacial score (nSPS) is 22.9. The molecular weight excluding hydrogens is 308 g/mol. The maximum atomic E-state index is 5.88. The van der Waals surface area contributed by atoms with Crippen LogP contribution < -0.4 is 5.32 Å². The van der Waals surface area contributed by atoms with Gasteiger partial charge in [-0.1, -0.05) is 29.4 Å². The lowest BCUT2D eigenvalue weighted by atomic mass is 9.56. The number of hydrogen-bond acceptors (Lipinski definition) is 3. The van der Waals surface area contributed by atoms with Crippen molar-refractivity contribution >= 4 is 0 Å². The van der Waals surface area contributed by atoms with Crippen LogP contribution in [0.1, 0.15) is 61.3 Å². The van der Waals surface area contributed by atoms with Gasteiger partial charge in [0.05, 0.1) is 0 Å². The van der Waals surface area contributed by atoms with Crippen molar-refractivity contribution in [2.45, 2.75) is 57.8 Å². The third-order valence-corrected chi connectivity index (χ3v) is 6.77. The molecule has 0 bridgehead atoms. The molecule has 1 saturated heterocycles. The summed E-state index contributed by atoms with van der Waals surface area (Å²) in [5.74, 6) is 2.65. The van der Waals surface area contributed by atoms with Crippen molar-refractivity contribution in [2.75, 3.05) is 13.1 Å². The summed E-state index contributed by atoms with van der Waals surface area (Å²) in [6, 6.07) is 8.60. The minimum Gasteiger partial charge on any atom is -0.360 e. The Morgan fingerprint density at radius 3 is 2.64 bits per heavy atom. The number of hydrogen-bond donors (Lipinski definition) is 1. The fourth-order valence-corrected chi connectivity index (χ4v) is 5.20. The molecule has 0 amide bonds. The summed E-state index contributed by atoms with van der Waals surface area (Å²) in [7, 11) is 0. The van der Waals surface area contributed by atoms with Crippen molar-refractivity contribution in [1.29, 1.82) is 0 Å². The van der Waals surface area contributed by atoms with Gasteiger partial charge in [0, 0.05) is 17.0 Å². The Labute approximate surface area is 150 Å². The van der Waals surface area contributed by atoms with Crippen LogP contribution in [-0.2, 0) is 6.42 Å². The molecule has 0 radical (unpaired) electrons. The third kappa shape index (κ3) is 2.83. The zero-order chi connectivity index (χ0) is 16.9. The molecule has 1 spiro atoms. The maximum Gasteiger partial charge on any atom is 0.143 e. The Morgan fingerprint density at radius 2 is 1.92 bits per heavy atom. The highest BCUT2D eigenvalue weighted by Crippen LogP contribution is 2.54. The maximum absolute atomic E-state index is 5.88. The summed E-state index contributed by atoms with van der Waals surface area (Å²) < 4.78 is 5.88. The van der Waals surface area contributed by atoms with Crippen LogP contribution in [0.25, 0.3) is 11.3 Å². The first-order chi connectivity index (χ1) is 12.2. The third-order valence-electron chi connectivity index (χ3n) is 6.77. The molecule has 1 aromatic carbocycles. The van der Waals surface area contributed by atoms with E-state index in [1.807, 2.05) is 0 Å². The number of nitrogens with zero attached hydrogens (tertiary/aromatic N) is 1. The first-order valence-electron chi connectivity index (χ1n) is 9.99. The van der Waals surface area contributed by atoms with E-state index in [1.54, 1.807) is 0 Å². The predicted molar refractivity (Wildman–Crippen MR) is 99.6 cm³/mol. The average Bonchev–Trinajstić information content (AvgIpc) is 3.36. The van der Waals surface area contributed by atoms with Gasteiger partial charge in [-0.2, -0.15) is 0 Å². The molecule has 3 fully saturated rings. The highest BCUT2D eigenvalue weighted by molar-refractivity contribution is 5.67. The lowest BCUT2D eigenvalue weighted by Crippen LogP contribution is -2.46. The summed E-state index contributed by atoms with van der Waals surface area (Å²) in [6.45, 7) is 4.60. The molecule has 3 nitrogen and oxygen atoms in total. The van der Waals surface area contributed by atoms with E-state index >= 15 is 0 Å². The molecular formula is C22H28N2O. The lowest BCUT2D eigenvalue weighted by Gasteiger charge is -2.50. The van der Waals surface area contributed by atoms with Crippen molar-refractivity contribution in [2.24, 2.45) is 11.3 Å². The second kappa shape index (κ2) is 5.98. The number of rotatable bonds is 4. The Hall–Kier alpha value is -1.61. The molecule has 25 heavy (non-hydrogen) atoms. The van der Waals surface area contributed by atoms with E-state index in [0.29, 0.717) is 11.3 Å². The van der Waals surface area contributed by atoms with Gasteiger partial charge in [0.2, 0.25) is 0 Å². The number of piperidine rings is 1. The average molecular weight is 336 g/mol. The minimum atomic E-state index is 0.633. The van der Waals surface area contributed by atoms with Gasteiger partial charge >= 0.3 is 0 Å². The summed E-state index contributed by atoms with van der Waals surface area (Å²) in [5, 5.41) is 8.05. The van der Waals surface area contributed by atoms with Crippen LogP contribution >= 0.6 is 0 Å². The topological polar surface area (TPSA) is 38.1 Å². The molecule has 1 N–H and O–H groups in total. The smallest absolute Gasteiger partial charge is 0.143 e. The van der Waals surface area contributed by atoms with E-state index in [2.05, 4.69) is 41.7 Å². The Bertz CT molecular complexity index is 760. The van der Waals surface area contributed by atoms with E-state index in [0.717, 1.165) is 18.0 Å². The van der Waals surface area contributed by atoms with E-state index in [9.17, 15) is 0 Å². The van der Waals surface area contributed by atoms with Crippen LogP contribution in [0.2, 0.25) is 0 Å². The van der Waals surface area contributed by atoms with Gasteiger partial charge in [-0.3, -0.25) is 0 Å². The number of aromatic nitrogens is 1. The molecule has 2 aliphatic carbocycles. The summed E-state index contributed by atoms with van der Waals surface area (Å²) >= 11 is 0. The van der Waals surface area contributed by atoms with E-state index in [-0.39, 0.29) is 0 Å². The molecule has 2 aromatic rings. The van der Waals surface area contributed by atoms with Gasteiger partial charge in [0.25, 0.3) is 0 Å². The van der Waals surface area contributed by atoms with Gasteiger partial charge in [-0.25, -0.2) is 0 Å². The van der Waals surface area contributed by atoms with Gasteiger partial charge in [-0.05, 0) is 81.9 Å². The van der Waals surface area contributed by atoms with Gasteiger partial charge in [0.1, 0.15) is 11.5 Å². The number of nitrogens with one attached hydrogen (secondary N) is 1. The van der Waals surface area contributed by atoms with E-state index in [4.69, 9.17) is 4.52 Å². The van der Waals surface area contributed by atoms with Gasteiger partial charge in [0.15, 0.2) is 0 Å². The Balaban J connectivity index is 1.40. The van der Waals surface area contributed by atoms with E-state index in [1.165, 1.54) is 74.1 Å². The second-order valence-electron chi connectivity index (χ2n) is 8.69. The van der Waals surface area contributed by atoms with Crippen LogP contribution in [0.15, 0.2) is 28.8 Å². The molecule has 0 unspecified atom stereocenters. The fraction of sp³-hybridized carbons (Fsp3) is 0.591. The zero-order valence-corrected chi connectivity index (χ0v) is 15.2. The molecule has 132 valence electrons. The second-order valence-corrected chi connectivity index (χ2v) is 8.69. The van der Waals surface area contributed by atoms with Crippen molar-refractivity contribution in [1.82, 2.24) is 10.5 Å². The highest BCUT2D eigenvalue weighted by Gasteiger charge is 2.45. The Morgan fingerprint density at radius 1 is 1.16 bits per heavy atom. The number of aryl methyl sites for hydroxylation is 1. The SMILES string of the molecule is Cc1ccccc1-c1noc(C2CC2)c1CC1CC2(CCNCC2)C1. The first-order valence-corrected chi connectivity index (χ1v) is 9.99. The zero-order valence-electron chi connectivity index (χ0n) is 15.2. The van der Waals surface area contributed by atoms with Crippen LogP contribution in [0.4, 0.5) is 0 Å². The fourth-order valence-electron chi connectivity index (χ4n) is 5.20. The summed E-state index contributed by atoms with van der Waals surface area (Å²) in [6.07, 6.45) is 9.24. The molecule has 0 atom stereocenters. The van der Waals surface area contributed by atoms with Crippen LogP contribution in [0, 0.1) is 18.3 Å². The largest absolute Gasteiger partial charge is 0.360 e. The lowest BCUT2D eigenvalue weighted by molar-refractivity contribution is 0.0219. The predicted octanol–water partition coefficient (Wildman–Crippen LogP) is 4.85. The monoisotopic (exact) mass is 336 g/mol. The van der Waals surface area contributed by atoms with Gasteiger partial charge in [-0.15, -0.1) is 0 Å². The molecule has 2 heterocycles. The van der Waals surface area contributed by atoms with Crippen LogP contribution in [-0.4, -0.2) is 18.2 Å². The molecule has 2 saturated carbocycles. The van der Waals surface area contributed by atoms with Crippen molar-refractivity contribution in [3.8, 4) is 11.3 Å². The highest BCUT2D eigenvalue weighted by atomic mass is 16.5. The standard InChI is InChI=1S/C22H28N2O/c1-15-4-2-3-5-18(15)20-19(21(25-24-20)17-6-7-17)12-16-13-22(14-16)8-10-23-11-9-22/h2-5,16-17,23H,6-14H2,1H3. The molecule has 1 aliphatic heterocycles. The quantitative estimate of drug-likeness (QED) is 0.867. The molecule has 1 aromatic heterocycles. The summed E-state index contributed by atoms with van der Waals surface area (Å²) in [4.78, 5) is 0. The van der Waals surface area contributed by atoms with Crippen molar-refractivity contribution < 1.29 is 4.52 Å². The van der Waals surface area contributed by atoms with Gasteiger partial charge < -0.3 is 9.84 Å². The van der Waals surface area contributed by atoms with Crippen LogP contribution in [0.5, 0.6) is 0 Å². The van der Waals surface area contributed by atoms with Crippen molar-refractivity contribution in [3.05, 3.63) is 41.2 Å². The Kier molecular flexibility index (Phi) is 3.74. The molecule has 3 aliphatic rings. The minimum absolute atomic E-state index is 0.633. The molecule has 5 rings (SSSR count). The van der Waals surface area contributed by atoms with Crippen molar-refractivity contribution in [3.63, 3.8) is 0 Å². The number of benzene rings is 1. The first kappa shape index (κ1) is 15.6. The van der Waals surface area contributed by atoms with Crippen LogP contribution in [0.3, 0.4) is 0 Å². The summed E-state index contributed by atoms with van der Waals surface area (Å²) in [5.41, 5.74) is 5.74.